The summed E-state index contributed by atoms with van der Waals surface area (Å²) in [5.74, 6) is -0.502. The number of hydrogen-bond donors (Lipinski definition) is 3. The maximum atomic E-state index is 13.1. The number of carbonyl (C=O) groups is 4. The van der Waals surface area contributed by atoms with Gasteiger partial charge >= 0.3 is 39.5 Å². The minimum Gasteiger partial charge on any atom is -0.462 e. The Morgan fingerprint density at radius 1 is 0.295 bits per heavy atom. The molecule has 7 atom stereocenters. The van der Waals surface area contributed by atoms with Gasteiger partial charge in [0, 0.05) is 25.7 Å². The lowest BCUT2D eigenvalue weighted by atomic mass is 9.99. The van der Waals surface area contributed by atoms with Crippen LogP contribution < -0.4 is 0 Å². The van der Waals surface area contributed by atoms with Gasteiger partial charge in [0.2, 0.25) is 0 Å². The second-order valence-electron chi connectivity index (χ2n) is 27.9. The molecule has 0 heterocycles. The number of phosphoric ester groups is 2. The zero-order chi connectivity index (χ0) is 70.0. The first-order valence-electron chi connectivity index (χ1n) is 39.6. The van der Waals surface area contributed by atoms with E-state index in [-0.39, 0.29) is 25.7 Å². The van der Waals surface area contributed by atoms with Crippen LogP contribution in [0.3, 0.4) is 0 Å². The Hall–Kier alpha value is -1.94. The van der Waals surface area contributed by atoms with Gasteiger partial charge in [0.05, 0.1) is 26.4 Å². The van der Waals surface area contributed by atoms with Gasteiger partial charge in [-0.3, -0.25) is 37.3 Å². The molecule has 0 aliphatic heterocycles. The van der Waals surface area contributed by atoms with E-state index in [1.165, 1.54) is 212 Å². The monoisotopic (exact) mass is 1400 g/mol. The minimum atomic E-state index is -4.96. The topological polar surface area (TPSA) is 237 Å². The first-order chi connectivity index (χ1) is 45.9. The molecular formula is C76H148O17P2. The summed E-state index contributed by atoms with van der Waals surface area (Å²) < 4.78 is 68.5. The second-order valence-corrected chi connectivity index (χ2v) is 30.8. The molecule has 0 aliphatic carbocycles. The van der Waals surface area contributed by atoms with E-state index in [0.29, 0.717) is 25.7 Å². The van der Waals surface area contributed by atoms with Crippen LogP contribution in [0.5, 0.6) is 0 Å². The van der Waals surface area contributed by atoms with Crippen LogP contribution in [-0.4, -0.2) is 96.7 Å². The van der Waals surface area contributed by atoms with Crippen LogP contribution in [-0.2, 0) is 65.4 Å². The van der Waals surface area contributed by atoms with E-state index in [0.717, 1.165) is 102 Å². The van der Waals surface area contributed by atoms with Crippen molar-refractivity contribution in [2.45, 2.75) is 413 Å². The predicted octanol–water partition coefficient (Wildman–Crippen LogP) is 22.3. The average molecular weight is 1400 g/mol. The van der Waals surface area contributed by atoms with E-state index in [1.54, 1.807) is 0 Å². The van der Waals surface area contributed by atoms with Gasteiger partial charge in [-0.15, -0.1) is 0 Å². The van der Waals surface area contributed by atoms with Crippen LogP contribution in [0, 0.1) is 11.8 Å². The molecule has 0 spiro atoms. The quantitative estimate of drug-likeness (QED) is 0.0222. The molecule has 0 bridgehead atoms. The van der Waals surface area contributed by atoms with E-state index < -0.39 is 97.5 Å². The highest BCUT2D eigenvalue weighted by atomic mass is 31.2. The van der Waals surface area contributed by atoms with E-state index in [2.05, 4.69) is 41.5 Å². The van der Waals surface area contributed by atoms with Gasteiger partial charge in [-0.2, -0.15) is 0 Å². The molecule has 0 saturated heterocycles. The lowest BCUT2D eigenvalue weighted by Gasteiger charge is -2.21. The molecule has 3 N–H and O–H groups in total. The largest absolute Gasteiger partial charge is 0.472 e. The first kappa shape index (κ1) is 93.1. The molecule has 4 unspecified atom stereocenters. The highest BCUT2D eigenvalue weighted by molar-refractivity contribution is 7.47. The lowest BCUT2D eigenvalue weighted by molar-refractivity contribution is -0.161. The smallest absolute Gasteiger partial charge is 0.462 e. The van der Waals surface area contributed by atoms with Crippen molar-refractivity contribution in [2.75, 3.05) is 39.6 Å². The SMILES string of the molecule is CCCCCCCCCCCCCCCCCCCC(=O)O[C@H](COC(=O)CCCCCCCCCCCCC(C)CC)COP(=O)(O)OC[C@@H](O)COP(=O)(O)OC[C@@H](COC(=O)CCCCCCCCCCCC)OC(=O)CCCCCCCCCCCCC(C)CC. The molecule has 0 radical (unpaired) electrons. The maximum absolute atomic E-state index is 13.1. The predicted molar refractivity (Wildman–Crippen MR) is 386 cm³/mol. The van der Waals surface area contributed by atoms with Crippen molar-refractivity contribution in [1.29, 1.82) is 0 Å². The zero-order valence-corrected chi connectivity index (χ0v) is 63.8. The Balaban J connectivity index is 5.26. The molecule has 0 amide bonds. The Morgan fingerprint density at radius 3 is 0.747 bits per heavy atom. The van der Waals surface area contributed by atoms with Gasteiger partial charge in [-0.05, 0) is 37.5 Å². The van der Waals surface area contributed by atoms with Gasteiger partial charge in [0.15, 0.2) is 12.2 Å². The van der Waals surface area contributed by atoms with E-state index >= 15 is 0 Å². The minimum absolute atomic E-state index is 0.106. The molecule has 564 valence electrons. The number of ether oxygens (including phenoxy) is 4. The third-order valence-corrected chi connectivity index (χ3v) is 20.3. The summed E-state index contributed by atoms with van der Waals surface area (Å²) >= 11 is 0. The van der Waals surface area contributed by atoms with Crippen LogP contribution in [0.4, 0.5) is 0 Å². The fourth-order valence-electron chi connectivity index (χ4n) is 11.6. The summed E-state index contributed by atoms with van der Waals surface area (Å²) in [4.78, 5) is 72.8. The highest BCUT2D eigenvalue weighted by Crippen LogP contribution is 2.45. The van der Waals surface area contributed by atoms with Gasteiger partial charge in [-0.25, -0.2) is 9.13 Å². The number of carbonyl (C=O) groups excluding carboxylic acids is 4. The van der Waals surface area contributed by atoms with Crippen LogP contribution in [0.1, 0.15) is 395 Å². The zero-order valence-electron chi connectivity index (χ0n) is 62.0. The molecular weight excluding hydrogens is 1250 g/mol. The Kier molecular flexibility index (Phi) is 66.5. The van der Waals surface area contributed by atoms with Crippen molar-refractivity contribution in [2.24, 2.45) is 11.8 Å². The first-order valence-corrected chi connectivity index (χ1v) is 42.6. The molecule has 0 rings (SSSR count). The van der Waals surface area contributed by atoms with Crippen molar-refractivity contribution in [3.63, 3.8) is 0 Å². The van der Waals surface area contributed by atoms with Crippen molar-refractivity contribution in [3.8, 4) is 0 Å². The summed E-state index contributed by atoms with van der Waals surface area (Å²) in [7, 11) is -9.91. The molecule has 0 fully saturated rings. The lowest BCUT2D eigenvalue weighted by Crippen LogP contribution is -2.30. The summed E-state index contributed by atoms with van der Waals surface area (Å²) in [6, 6.07) is 0. The van der Waals surface area contributed by atoms with Crippen molar-refractivity contribution < 1.29 is 80.2 Å². The van der Waals surface area contributed by atoms with Crippen LogP contribution in [0.25, 0.3) is 0 Å². The summed E-state index contributed by atoms with van der Waals surface area (Å²) in [5, 5.41) is 10.6. The van der Waals surface area contributed by atoms with Crippen molar-refractivity contribution in [3.05, 3.63) is 0 Å². The molecule has 0 aromatic heterocycles. The van der Waals surface area contributed by atoms with Crippen molar-refractivity contribution in [1.82, 2.24) is 0 Å². The number of unbranched alkanes of at least 4 members (excludes halogenated alkanes) is 43. The molecule has 0 aromatic carbocycles. The van der Waals surface area contributed by atoms with Crippen LogP contribution in [0.2, 0.25) is 0 Å². The maximum Gasteiger partial charge on any atom is 0.472 e. The Labute approximate surface area is 581 Å². The number of aliphatic hydroxyl groups is 1. The molecule has 0 saturated carbocycles. The number of hydrogen-bond acceptors (Lipinski definition) is 15. The second kappa shape index (κ2) is 67.9. The van der Waals surface area contributed by atoms with Gasteiger partial charge in [-0.1, -0.05) is 343 Å². The fourth-order valence-corrected chi connectivity index (χ4v) is 13.2. The van der Waals surface area contributed by atoms with E-state index in [9.17, 15) is 43.2 Å². The van der Waals surface area contributed by atoms with Crippen LogP contribution >= 0.6 is 15.6 Å². The fraction of sp³-hybridized carbons (Fsp3) is 0.947. The molecule has 0 aromatic rings. The van der Waals surface area contributed by atoms with E-state index in [4.69, 9.17) is 37.0 Å². The highest BCUT2D eigenvalue weighted by Gasteiger charge is 2.30. The molecule has 17 nitrogen and oxygen atoms in total. The van der Waals surface area contributed by atoms with Gasteiger partial charge < -0.3 is 33.8 Å². The van der Waals surface area contributed by atoms with Crippen LogP contribution in [0.15, 0.2) is 0 Å². The molecule has 0 aliphatic rings. The van der Waals surface area contributed by atoms with Gasteiger partial charge in [0.25, 0.3) is 0 Å². The van der Waals surface area contributed by atoms with Gasteiger partial charge in [0.1, 0.15) is 19.3 Å². The van der Waals surface area contributed by atoms with E-state index in [1.807, 2.05) is 0 Å². The Bertz CT molecular complexity index is 1840. The summed E-state index contributed by atoms with van der Waals surface area (Å²) in [6.07, 6.45) is 55.2. The molecule has 95 heavy (non-hydrogen) atoms. The standard InChI is InChI=1S/C76H148O17P2/c1-7-11-13-15-17-19-21-22-23-24-25-26-27-36-42-48-54-60-75(80)92-72(65-87-74(79)59-53-47-41-35-30-28-32-38-44-50-56-68(5)9-3)67-91-95(84,85)89-63-70(77)62-88-94(82,83)90-66-71(64-86-73(78)58-52-46-40-34-20-18-16-14-12-8-2)93-76(81)61-55-49-43-37-31-29-33-39-45-51-57-69(6)10-4/h68-72,77H,7-67H2,1-6H3,(H,82,83)(H,84,85)/t68?,69?,70-,71+,72+/m0/s1. The summed E-state index contributed by atoms with van der Waals surface area (Å²) in [5.41, 5.74) is 0. The molecule has 19 heteroatoms. The third kappa shape index (κ3) is 67.6. The normalized spacial score (nSPS) is 14.6. The van der Waals surface area contributed by atoms with Crippen molar-refractivity contribution >= 4 is 39.5 Å². The third-order valence-electron chi connectivity index (χ3n) is 18.4. The summed E-state index contributed by atoms with van der Waals surface area (Å²) in [6.45, 7) is 9.65. The number of rotatable bonds is 75. The number of aliphatic hydroxyl groups excluding tert-OH is 1. The Morgan fingerprint density at radius 2 is 0.505 bits per heavy atom. The number of esters is 4. The number of phosphoric acid groups is 2. The average Bonchev–Trinajstić information content (AvgIpc) is 1.36.